The summed E-state index contributed by atoms with van der Waals surface area (Å²) < 4.78 is 4.57. The van der Waals surface area contributed by atoms with Crippen molar-refractivity contribution in [1.29, 1.82) is 0 Å². The SMILES string of the molecule is O=C1OCC=C[C@H]2S[C@]34C=CCN(c5ccc(Cl)cc5)C(=O)C3N(CCCCCCO)C(=O)[C@@H]4[C@@H]12. The molecule has 0 saturated carbocycles. The Hall–Kier alpha value is -2.29. The molecule has 0 bridgehead atoms. The van der Waals surface area contributed by atoms with Gasteiger partial charge in [-0.15, -0.1) is 11.8 Å². The van der Waals surface area contributed by atoms with E-state index in [9.17, 15) is 14.4 Å². The molecule has 186 valence electrons. The number of anilines is 1. The van der Waals surface area contributed by atoms with Crippen LogP contribution in [0.3, 0.4) is 0 Å². The van der Waals surface area contributed by atoms with Crippen LogP contribution < -0.4 is 4.90 Å². The number of carbonyl (C=O) groups is 3. The molecule has 4 heterocycles. The monoisotopic (exact) mass is 516 g/mol. The van der Waals surface area contributed by atoms with Crippen LogP contribution in [0.4, 0.5) is 5.69 Å². The summed E-state index contributed by atoms with van der Waals surface area (Å²) >= 11 is 7.62. The molecule has 2 saturated heterocycles. The van der Waals surface area contributed by atoms with Gasteiger partial charge >= 0.3 is 5.97 Å². The Morgan fingerprint density at radius 1 is 1.06 bits per heavy atom. The number of rotatable bonds is 7. The first-order valence-corrected chi connectivity index (χ1v) is 13.4. The van der Waals surface area contributed by atoms with Gasteiger partial charge in [-0.05, 0) is 37.1 Å². The lowest BCUT2D eigenvalue weighted by Crippen LogP contribution is -2.53. The average molecular weight is 517 g/mol. The maximum absolute atomic E-state index is 14.2. The molecular weight excluding hydrogens is 488 g/mol. The van der Waals surface area contributed by atoms with E-state index in [-0.39, 0.29) is 36.2 Å². The smallest absolute Gasteiger partial charge is 0.311 e. The van der Waals surface area contributed by atoms with Gasteiger partial charge in [-0.1, -0.05) is 48.7 Å². The van der Waals surface area contributed by atoms with Crippen LogP contribution in [0.2, 0.25) is 5.02 Å². The van der Waals surface area contributed by atoms with E-state index in [0.29, 0.717) is 24.5 Å². The number of benzene rings is 1. The standard InChI is InChI=1S/C26H29ClN2O5S/c27-17-8-10-18(11-9-17)28-14-6-12-26-21(20-19(35-26)7-5-16-34-25(20)33)23(31)29(22(26)24(28)32)13-3-1-2-4-15-30/h5-12,19-22,30H,1-4,13-16H2/t19-,20+,21+,22?,26+/m1/s1. The molecule has 4 aliphatic rings. The molecule has 7 nitrogen and oxygen atoms in total. The quantitative estimate of drug-likeness (QED) is 0.340. The molecule has 0 aromatic heterocycles. The van der Waals surface area contributed by atoms with E-state index >= 15 is 0 Å². The van der Waals surface area contributed by atoms with E-state index in [1.165, 1.54) is 0 Å². The molecule has 1 aromatic rings. The summed E-state index contributed by atoms with van der Waals surface area (Å²) in [7, 11) is 0. The Labute approximate surface area is 214 Å². The molecule has 0 aliphatic carbocycles. The van der Waals surface area contributed by atoms with Crippen LogP contribution in [-0.4, -0.2) is 70.1 Å². The second-order valence-corrected chi connectivity index (χ2v) is 11.3. The highest BCUT2D eigenvalue weighted by Gasteiger charge is 2.71. The van der Waals surface area contributed by atoms with Gasteiger partial charge in [0.2, 0.25) is 5.91 Å². The van der Waals surface area contributed by atoms with Crippen molar-refractivity contribution in [2.24, 2.45) is 11.8 Å². The Morgan fingerprint density at radius 2 is 1.83 bits per heavy atom. The third-order valence-corrected chi connectivity index (χ3v) is 9.35. The second-order valence-electron chi connectivity index (χ2n) is 9.40. The largest absolute Gasteiger partial charge is 0.461 e. The Morgan fingerprint density at radius 3 is 2.60 bits per heavy atom. The van der Waals surface area contributed by atoms with Crippen LogP contribution >= 0.6 is 23.4 Å². The normalized spacial score (nSPS) is 31.7. The maximum Gasteiger partial charge on any atom is 0.311 e. The number of cyclic esters (lactones) is 1. The Kier molecular flexibility index (Phi) is 6.97. The van der Waals surface area contributed by atoms with Gasteiger partial charge in [-0.3, -0.25) is 14.4 Å². The number of esters is 1. The zero-order valence-electron chi connectivity index (χ0n) is 19.3. The van der Waals surface area contributed by atoms with Crippen LogP contribution in [0.25, 0.3) is 0 Å². The molecule has 0 radical (unpaired) electrons. The number of aliphatic hydroxyl groups excluding tert-OH is 1. The Balaban J connectivity index is 1.52. The fourth-order valence-electron chi connectivity index (χ4n) is 5.81. The van der Waals surface area contributed by atoms with Crippen LogP contribution in [0.15, 0.2) is 48.6 Å². The van der Waals surface area contributed by atoms with Crippen LogP contribution in [0, 0.1) is 11.8 Å². The summed E-state index contributed by atoms with van der Waals surface area (Å²) in [6, 6.07) is 6.40. The third-order valence-electron chi connectivity index (χ3n) is 7.36. The summed E-state index contributed by atoms with van der Waals surface area (Å²) in [5, 5.41) is 9.45. The highest BCUT2D eigenvalue weighted by atomic mass is 35.5. The number of amides is 2. The summed E-state index contributed by atoms with van der Waals surface area (Å²) in [5.74, 6) is -1.94. The zero-order chi connectivity index (χ0) is 24.6. The van der Waals surface area contributed by atoms with Gasteiger partial charge in [-0.25, -0.2) is 0 Å². The lowest BCUT2D eigenvalue weighted by atomic mass is 9.78. The van der Waals surface area contributed by atoms with E-state index in [4.69, 9.17) is 21.4 Å². The molecule has 1 aromatic carbocycles. The number of hydrogen-bond acceptors (Lipinski definition) is 6. The van der Waals surface area contributed by atoms with Crippen molar-refractivity contribution in [3.63, 3.8) is 0 Å². The van der Waals surface area contributed by atoms with Gasteiger partial charge in [0.05, 0.1) is 16.6 Å². The molecule has 1 spiro atoms. The number of thioether (sulfide) groups is 1. The van der Waals surface area contributed by atoms with Crippen molar-refractivity contribution >= 4 is 46.8 Å². The lowest BCUT2D eigenvalue weighted by molar-refractivity contribution is -0.151. The van der Waals surface area contributed by atoms with Crippen molar-refractivity contribution < 1.29 is 24.2 Å². The van der Waals surface area contributed by atoms with Crippen LogP contribution in [-0.2, 0) is 19.1 Å². The lowest BCUT2D eigenvalue weighted by Gasteiger charge is -2.35. The van der Waals surface area contributed by atoms with E-state index in [0.717, 1.165) is 24.9 Å². The van der Waals surface area contributed by atoms with Crippen molar-refractivity contribution in [2.45, 2.75) is 41.7 Å². The number of ether oxygens (including phenoxy) is 1. The van der Waals surface area contributed by atoms with Crippen molar-refractivity contribution in [3.8, 4) is 0 Å². The number of halogens is 1. The number of aliphatic hydroxyl groups is 1. The summed E-state index contributed by atoms with van der Waals surface area (Å²) in [6.07, 6.45) is 10.9. The predicted molar refractivity (Wildman–Crippen MR) is 135 cm³/mol. The molecule has 4 aliphatic heterocycles. The van der Waals surface area contributed by atoms with E-state index in [1.54, 1.807) is 33.7 Å². The number of likely N-dealkylation sites (tertiary alicyclic amines) is 1. The van der Waals surface area contributed by atoms with Crippen LogP contribution in [0.5, 0.6) is 0 Å². The van der Waals surface area contributed by atoms with Gasteiger partial charge in [0, 0.05) is 35.7 Å². The predicted octanol–water partition coefficient (Wildman–Crippen LogP) is 3.21. The topological polar surface area (TPSA) is 87.2 Å². The molecule has 2 amide bonds. The van der Waals surface area contributed by atoms with Gasteiger partial charge in [0.1, 0.15) is 12.6 Å². The maximum atomic E-state index is 14.2. The van der Waals surface area contributed by atoms with Crippen LogP contribution in [0.1, 0.15) is 25.7 Å². The number of hydrogen-bond donors (Lipinski definition) is 1. The highest BCUT2D eigenvalue weighted by Crippen LogP contribution is 2.61. The second kappa shape index (κ2) is 9.99. The minimum atomic E-state index is -0.837. The van der Waals surface area contributed by atoms with Crippen molar-refractivity contribution in [2.75, 3.05) is 31.2 Å². The molecule has 5 rings (SSSR count). The molecule has 5 atom stereocenters. The molecule has 35 heavy (non-hydrogen) atoms. The average Bonchev–Trinajstić information content (AvgIpc) is 3.14. The third kappa shape index (κ3) is 4.19. The summed E-state index contributed by atoms with van der Waals surface area (Å²) in [4.78, 5) is 44.5. The first kappa shape index (κ1) is 24.4. The minimum Gasteiger partial charge on any atom is -0.461 e. The fraction of sp³-hybridized carbons (Fsp3) is 0.500. The number of unbranched alkanes of at least 4 members (excludes halogenated alkanes) is 3. The first-order chi connectivity index (χ1) is 17.0. The van der Waals surface area contributed by atoms with E-state index in [2.05, 4.69) is 0 Å². The number of carbonyl (C=O) groups excluding carboxylic acids is 3. The minimum absolute atomic E-state index is 0.144. The van der Waals surface area contributed by atoms with Crippen molar-refractivity contribution in [3.05, 3.63) is 53.6 Å². The van der Waals surface area contributed by atoms with Gasteiger partial charge in [0.15, 0.2) is 0 Å². The molecule has 9 heteroatoms. The molecule has 1 unspecified atom stereocenters. The summed E-state index contributed by atoms with van der Waals surface area (Å²) in [5.41, 5.74) is 0.719. The zero-order valence-corrected chi connectivity index (χ0v) is 20.9. The molecule has 2 fully saturated rings. The van der Waals surface area contributed by atoms with E-state index < -0.39 is 22.6 Å². The number of fused-ring (bicyclic) bond motifs is 2. The van der Waals surface area contributed by atoms with E-state index in [1.807, 2.05) is 36.4 Å². The first-order valence-electron chi connectivity index (χ1n) is 12.1. The number of nitrogens with zero attached hydrogens (tertiary/aromatic N) is 2. The van der Waals surface area contributed by atoms with Crippen molar-refractivity contribution in [1.82, 2.24) is 4.90 Å². The molecule has 1 N–H and O–H groups in total. The van der Waals surface area contributed by atoms with Gasteiger partial charge in [-0.2, -0.15) is 0 Å². The Bertz CT molecular complexity index is 1060. The molecular formula is C26H29ClN2O5S. The highest BCUT2D eigenvalue weighted by molar-refractivity contribution is 8.02. The summed E-state index contributed by atoms with van der Waals surface area (Å²) in [6.45, 7) is 1.16. The van der Waals surface area contributed by atoms with Gasteiger partial charge < -0.3 is 19.6 Å². The fourth-order valence-corrected chi connectivity index (χ4v) is 7.94. The van der Waals surface area contributed by atoms with Gasteiger partial charge in [0.25, 0.3) is 5.91 Å².